The molecular formula is C24H32N2O3. The predicted molar refractivity (Wildman–Crippen MR) is 119 cm³/mol. The summed E-state index contributed by atoms with van der Waals surface area (Å²) in [4.78, 5) is 0. The highest BCUT2D eigenvalue weighted by molar-refractivity contribution is 5.85. The average Bonchev–Trinajstić information content (AvgIpc) is 2.94. The van der Waals surface area contributed by atoms with Crippen LogP contribution in [0.3, 0.4) is 0 Å². The van der Waals surface area contributed by atoms with Gasteiger partial charge in [-0.3, -0.25) is 0 Å². The van der Waals surface area contributed by atoms with E-state index in [0.29, 0.717) is 26.4 Å². The van der Waals surface area contributed by atoms with E-state index in [2.05, 4.69) is 49.2 Å². The van der Waals surface area contributed by atoms with E-state index >= 15 is 0 Å². The van der Waals surface area contributed by atoms with Gasteiger partial charge in [0, 0.05) is 39.5 Å². The fourth-order valence-corrected chi connectivity index (χ4v) is 3.73. The second-order valence-electron chi connectivity index (χ2n) is 7.35. The molecule has 1 fully saturated rings. The highest BCUT2D eigenvalue weighted by Crippen LogP contribution is 2.27. The summed E-state index contributed by atoms with van der Waals surface area (Å²) in [6, 6.07) is 6.18. The molecule has 0 bridgehead atoms. The molecule has 0 aliphatic carbocycles. The number of nitrogens with one attached hydrogen (secondary N) is 1. The SMILES string of the molecule is C=C1CCC(n2c(=C)c3ccc(OCCOCCOCCC)cc3c2=C)C(=C)N1. The highest BCUT2D eigenvalue weighted by atomic mass is 16.5. The molecule has 1 aromatic carbocycles. The molecule has 0 spiro atoms. The second kappa shape index (κ2) is 9.81. The van der Waals surface area contributed by atoms with Gasteiger partial charge in [-0.05, 0) is 37.5 Å². The summed E-state index contributed by atoms with van der Waals surface area (Å²) in [6.45, 7) is 21.9. The van der Waals surface area contributed by atoms with E-state index in [1.54, 1.807) is 0 Å². The van der Waals surface area contributed by atoms with Crippen LogP contribution in [0.25, 0.3) is 23.9 Å². The number of piperidine rings is 1. The number of ether oxygens (including phenoxy) is 3. The molecule has 3 rings (SSSR count). The molecule has 156 valence electrons. The largest absolute Gasteiger partial charge is 0.491 e. The van der Waals surface area contributed by atoms with Crippen LogP contribution < -0.4 is 20.8 Å². The number of nitrogens with zero attached hydrogens (tertiary/aromatic N) is 1. The standard InChI is InChI=1S/C24H32N2O3/c1-6-11-27-12-13-28-14-15-29-21-8-9-22-19(4)26(20(5)23(22)16-21)24-10-7-17(2)25-18(24)3/h8-9,16,24-25H,2-7,10-15H2,1H3. The molecule has 2 heterocycles. The lowest BCUT2D eigenvalue weighted by Gasteiger charge is -2.29. The predicted octanol–water partition coefficient (Wildman–Crippen LogP) is 3.24. The maximum atomic E-state index is 5.86. The molecule has 5 heteroatoms. The molecule has 1 aliphatic heterocycles. The van der Waals surface area contributed by atoms with Crippen LogP contribution in [0.2, 0.25) is 0 Å². The van der Waals surface area contributed by atoms with Crippen LogP contribution in [-0.2, 0) is 9.47 Å². The second-order valence-corrected chi connectivity index (χ2v) is 7.35. The third kappa shape index (κ3) is 4.92. The third-order valence-electron chi connectivity index (χ3n) is 5.18. The zero-order valence-corrected chi connectivity index (χ0v) is 17.5. The smallest absolute Gasteiger partial charge is 0.120 e. The summed E-state index contributed by atoms with van der Waals surface area (Å²) in [7, 11) is 0. The molecule has 1 atom stereocenters. The van der Waals surface area contributed by atoms with Gasteiger partial charge in [0.25, 0.3) is 0 Å². The fraction of sp³-hybridized carbons (Fsp3) is 0.417. The van der Waals surface area contributed by atoms with Crippen molar-refractivity contribution in [3.05, 3.63) is 53.4 Å². The van der Waals surface area contributed by atoms with Gasteiger partial charge in [0.05, 0.1) is 25.9 Å². The average molecular weight is 397 g/mol. The quantitative estimate of drug-likeness (QED) is 0.626. The Morgan fingerprint density at radius 2 is 1.66 bits per heavy atom. The van der Waals surface area contributed by atoms with Crippen LogP contribution in [0.4, 0.5) is 0 Å². The van der Waals surface area contributed by atoms with Crippen molar-refractivity contribution in [3.63, 3.8) is 0 Å². The van der Waals surface area contributed by atoms with Crippen LogP contribution in [0.5, 0.6) is 5.75 Å². The van der Waals surface area contributed by atoms with Crippen molar-refractivity contribution < 1.29 is 14.2 Å². The maximum Gasteiger partial charge on any atom is 0.120 e. The lowest BCUT2D eigenvalue weighted by molar-refractivity contribution is 0.0366. The van der Waals surface area contributed by atoms with Crippen molar-refractivity contribution in [1.82, 2.24) is 9.88 Å². The minimum absolute atomic E-state index is 0.126. The molecule has 0 saturated carbocycles. The molecule has 1 unspecified atom stereocenters. The lowest BCUT2D eigenvalue weighted by Crippen LogP contribution is -2.36. The van der Waals surface area contributed by atoms with Gasteiger partial charge in [0.1, 0.15) is 12.4 Å². The molecule has 0 radical (unpaired) electrons. The Balaban J connectivity index is 1.65. The molecule has 1 saturated heterocycles. The minimum atomic E-state index is 0.126. The highest BCUT2D eigenvalue weighted by Gasteiger charge is 2.22. The third-order valence-corrected chi connectivity index (χ3v) is 5.18. The number of fused-ring (bicyclic) bond motifs is 1. The summed E-state index contributed by atoms with van der Waals surface area (Å²) in [5.74, 6) is 0.805. The number of rotatable bonds is 10. The van der Waals surface area contributed by atoms with Crippen LogP contribution in [0.15, 0.2) is 42.8 Å². The number of hydrogen-bond acceptors (Lipinski definition) is 4. The molecule has 2 aromatic rings. The van der Waals surface area contributed by atoms with Gasteiger partial charge in [-0.25, -0.2) is 0 Å². The molecule has 1 aliphatic rings. The van der Waals surface area contributed by atoms with E-state index in [1.807, 2.05) is 12.1 Å². The van der Waals surface area contributed by atoms with Crippen LogP contribution in [0.1, 0.15) is 32.2 Å². The van der Waals surface area contributed by atoms with Crippen molar-refractivity contribution in [2.45, 2.75) is 32.2 Å². The Labute approximate surface area is 172 Å². The number of allylic oxidation sites excluding steroid dienone is 2. The first kappa shape index (κ1) is 21.2. The molecule has 0 amide bonds. The Morgan fingerprint density at radius 3 is 2.38 bits per heavy atom. The summed E-state index contributed by atoms with van der Waals surface area (Å²) in [5, 5.41) is 7.30. The van der Waals surface area contributed by atoms with Gasteiger partial charge in [-0.1, -0.05) is 33.2 Å². The molecule has 29 heavy (non-hydrogen) atoms. The Morgan fingerprint density at radius 1 is 0.966 bits per heavy atom. The Kier molecular flexibility index (Phi) is 7.18. The topological polar surface area (TPSA) is 44.7 Å². The molecule has 5 nitrogen and oxygen atoms in total. The zero-order valence-electron chi connectivity index (χ0n) is 17.5. The minimum Gasteiger partial charge on any atom is -0.491 e. The van der Waals surface area contributed by atoms with Gasteiger partial charge in [-0.15, -0.1) is 0 Å². The van der Waals surface area contributed by atoms with Crippen molar-refractivity contribution in [3.8, 4) is 5.75 Å². The van der Waals surface area contributed by atoms with Crippen molar-refractivity contribution in [1.29, 1.82) is 0 Å². The van der Waals surface area contributed by atoms with Gasteiger partial charge in [0.2, 0.25) is 0 Å². The van der Waals surface area contributed by atoms with Gasteiger partial charge in [0.15, 0.2) is 0 Å². The monoisotopic (exact) mass is 396 g/mol. The Hall–Kier alpha value is -2.50. The maximum absolute atomic E-state index is 5.86. The normalized spacial score (nSPS) is 16.9. The van der Waals surface area contributed by atoms with Gasteiger partial charge in [-0.2, -0.15) is 0 Å². The van der Waals surface area contributed by atoms with E-state index in [1.165, 1.54) is 0 Å². The first-order chi connectivity index (χ1) is 14.0. The van der Waals surface area contributed by atoms with Crippen LogP contribution >= 0.6 is 0 Å². The summed E-state index contributed by atoms with van der Waals surface area (Å²) in [6.07, 6.45) is 2.88. The summed E-state index contributed by atoms with van der Waals surface area (Å²) in [5.41, 5.74) is 1.95. The van der Waals surface area contributed by atoms with E-state index in [4.69, 9.17) is 14.2 Å². The van der Waals surface area contributed by atoms with Crippen molar-refractivity contribution >= 4 is 23.9 Å². The van der Waals surface area contributed by atoms with E-state index in [0.717, 1.165) is 64.5 Å². The molecular weight excluding hydrogens is 364 g/mol. The van der Waals surface area contributed by atoms with Crippen LogP contribution in [0, 0.1) is 0 Å². The van der Waals surface area contributed by atoms with E-state index < -0.39 is 0 Å². The first-order valence-electron chi connectivity index (χ1n) is 10.3. The lowest BCUT2D eigenvalue weighted by atomic mass is 10.0. The number of hydrogen-bond donors (Lipinski definition) is 1. The molecule has 1 aromatic heterocycles. The molecule has 1 N–H and O–H groups in total. The van der Waals surface area contributed by atoms with E-state index in [9.17, 15) is 0 Å². The van der Waals surface area contributed by atoms with Crippen LogP contribution in [-0.4, -0.2) is 37.6 Å². The fourth-order valence-electron chi connectivity index (χ4n) is 3.73. The number of benzene rings is 1. The summed E-state index contributed by atoms with van der Waals surface area (Å²) < 4.78 is 19.0. The van der Waals surface area contributed by atoms with Crippen molar-refractivity contribution in [2.24, 2.45) is 0 Å². The number of aromatic nitrogens is 1. The van der Waals surface area contributed by atoms with Gasteiger partial charge < -0.3 is 24.1 Å². The van der Waals surface area contributed by atoms with E-state index in [-0.39, 0.29) is 6.04 Å². The van der Waals surface area contributed by atoms with Gasteiger partial charge >= 0.3 is 0 Å². The zero-order chi connectivity index (χ0) is 20.8. The first-order valence-corrected chi connectivity index (χ1v) is 10.3. The Bertz CT molecular complexity index is 976. The summed E-state index contributed by atoms with van der Waals surface area (Å²) >= 11 is 0. The van der Waals surface area contributed by atoms with Crippen molar-refractivity contribution in [2.75, 3.05) is 33.0 Å².